The Balaban J connectivity index is 1.47. The van der Waals surface area contributed by atoms with Crippen molar-refractivity contribution in [3.63, 3.8) is 0 Å². The van der Waals surface area contributed by atoms with Gasteiger partial charge in [0.05, 0.1) is 17.9 Å². The van der Waals surface area contributed by atoms with Crippen molar-refractivity contribution in [2.45, 2.75) is 38.5 Å². The molecule has 0 unspecified atom stereocenters. The minimum absolute atomic E-state index is 0.149. The molecule has 0 atom stereocenters. The Morgan fingerprint density at radius 1 is 1.00 bits per heavy atom. The van der Waals surface area contributed by atoms with E-state index in [0.717, 1.165) is 31.4 Å². The third kappa shape index (κ3) is 6.52. The first-order valence-electron chi connectivity index (χ1n) is 12.7. The van der Waals surface area contributed by atoms with Crippen molar-refractivity contribution < 1.29 is 19.1 Å². The number of amides is 3. The number of aromatic nitrogens is 1. The first kappa shape index (κ1) is 25.9. The zero-order chi connectivity index (χ0) is 26.2. The number of ether oxygens (including phenoxy) is 1. The van der Waals surface area contributed by atoms with Gasteiger partial charge in [0, 0.05) is 41.5 Å². The lowest BCUT2D eigenvalue weighted by Gasteiger charge is -2.31. The van der Waals surface area contributed by atoms with Crippen molar-refractivity contribution in [2.75, 3.05) is 25.0 Å². The van der Waals surface area contributed by atoms with E-state index in [-0.39, 0.29) is 17.9 Å². The fraction of sp³-hybridized carbons (Fsp3) is 0.310. The third-order valence-electron chi connectivity index (χ3n) is 6.53. The second-order valence-corrected chi connectivity index (χ2v) is 9.12. The van der Waals surface area contributed by atoms with Crippen LogP contribution in [0.5, 0.6) is 0 Å². The minimum Gasteiger partial charge on any atom is -0.449 e. The number of nitrogens with zero attached hydrogens (tertiary/aromatic N) is 2. The molecule has 0 bridgehead atoms. The topological polar surface area (TPSA) is 115 Å². The number of benzene rings is 2. The molecule has 192 valence electrons. The van der Waals surface area contributed by atoms with E-state index in [2.05, 4.69) is 12.2 Å². The average Bonchev–Trinajstić information content (AvgIpc) is 2.93. The number of likely N-dealkylation sites (tertiary alicyclic amines) is 1. The van der Waals surface area contributed by atoms with Gasteiger partial charge in [0.25, 0.3) is 11.8 Å². The number of carbonyl (C=O) groups excluding carboxylic acids is 3. The van der Waals surface area contributed by atoms with Crippen LogP contribution in [0.1, 0.15) is 64.9 Å². The number of primary amides is 1. The fourth-order valence-corrected chi connectivity index (χ4v) is 4.38. The van der Waals surface area contributed by atoms with E-state index in [0.29, 0.717) is 47.8 Å². The SMILES string of the molecule is CCCCOC(=O)N1CCC(c2ccc(C(N)=O)c(-c3ccc(C(=O)Nc4ccccc4)cc3)n2)CC1. The molecule has 1 saturated heterocycles. The number of rotatable bonds is 8. The molecule has 3 amide bonds. The van der Waals surface area contributed by atoms with Crippen LogP contribution in [0.3, 0.4) is 0 Å². The van der Waals surface area contributed by atoms with Crippen LogP contribution in [0.2, 0.25) is 0 Å². The maximum Gasteiger partial charge on any atom is 0.409 e. The van der Waals surface area contributed by atoms with Crippen molar-refractivity contribution in [1.82, 2.24) is 9.88 Å². The summed E-state index contributed by atoms with van der Waals surface area (Å²) in [7, 11) is 0. The molecule has 37 heavy (non-hydrogen) atoms. The lowest BCUT2D eigenvalue weighted by atomic mass is 9.92. The summed E-state index contributed by atoms with van der Waals surface area (Å²) in [6, 6.07) is 19.7. The first-order valence-corrected chi connectivity index (χ1v) is 12.7. The van der Waals surface area contributed by atoms with Crippen LogP contribution in [-0.4, -0.2) is 47.5 Å². The molecule has 0 saturated carbocycles. The number of piperidine rings is 1. The maximum atomic E-state index is 12.6. The normalized spacial score (nSPS) is 13.7. The number of carbonyl (C=O) groups is 3. The highest BCUT2D eigenvalue weighted by atomic mass is 16.6. The number of nitrogens with two attached hydrogens (primary N) is 1. The lowest BCUT2D eigenvalue weighted by molar-refractivity contribution is 0.0912. The smallest absolute Gasteiger partial charge is 0.409 e. The van der Waals surface area contributed by atoms with Gasteiger partial charge < -0.3 is 20.7 Å². The molecule has 1 aromatic heterocycles. The maximum absolute atomic E-state index is 12.6. The number of anilines is 1. The molecule has 8 heteroatoms. The molecule has 0 spiro atoms. The van der Waals surface area contributed by atoms with Crippen molar-refractivity contribution in [2.24, 2.45) is 5.73 Å². The van der Waals surface area contributed by atoms with Crippen LogP contribution in [-0.2, 0) is 4.74 Å². The Labute approximate surface area is 216 Å². The van der Waals surface area contributed by atoms with Gasteiger partial charge in [-0.1, -0.05) is 43.7 Å². The minimum atomic E-state index is -0.565. The quantitative estimate of drug-likeness (QED) is 0.412. The summed E-state index contributed by atoms with van der Waals surface area (Å²) in [5, 5.41) is 2.86. The van der Waals surface area contributed by atoms with E-state index in [1.807, 2.05) is 36.4 Å². The van der Waals surface area contributed by atoms with E-state index < -0.39 is 5.91 Å². The van der Waals surface area contributed by atoms with Gasteiger partial charge in [-0.15, -0.1) is 0 Å². The molecule has 0 aliphatic carbocycles. The summed E-state index contributed by atoms with van der Waals surface area (Å²) in [4.78, 5) is 43.6. The zero-order valence-electron chi connectivity index (χ0n) is 21.0. The van der Waals surface area contributed by atoms with E-state index in [4.69, 9.17) is 15.5 Å². The first-order chi connectivity index (χ1) is 18.0. The second-order valence-electron chi connectivity index (χ2n) is 9.12. The summed E-state index contributed by atoms with van der Waals surface area (Å²) in [6.45, 7) is 3.69. The number of nitrogens with one attached hydrogen (secondary N) is 1. The van der Waals surface area contributed by atoms with Crippen LogP contribution < -0.4 is 11.1 Å². The molecule has 2 aromatic carbocycles. The molecule has 8 nitrogen and oxygen atoms in total. The highest BCUT2D eigenvalue weighted by molar-refractivity contribution is 6.04. The van der Waals surface area contributed by atoms with Gasteiger partial charge in [-0.25, -0.2) is 4.79 Å². The summed E-state index contributed by atoms with van der Waals surface area (Å²) < 4.78 is 5.33. The molecular formula is C29H32N4O4. The molecule has 1 aliphatic heterocycles. The van der Waals surface area contributed by atoms with Crippen LogP contribution in [0.15, 0.2) is 66.7 Å². The molecule has 3 N–H and O–H groups in total. The third-order valence-corrected chi connectivity index (χ3v) is 6.53. The van der Waals surface area contributed by atoms with Gasteiger partial charge in [-0.2, -0.15) is 0 Å². The second kappa shape index (κ2) is 12.2. The summed E-state index contributed by atoms with van der Waals surface area (Å²) in [5.41, 5.74) is 9.20. The van der Waals surface area contributed by atoms with Crippen molar-refractivity contribution in [1.29, 1.82) is 0 Å². The Bertz CT molecular complexity index is 1240. The van der Waals surface area contributed by atoms with Crippen LogP contribution in [0.4, 0.5) is 10.5 Å². The number of pyridine rings is 1. The molecule has 4 rings (SSSR count). The molecule has 0 radical (unpaired) electrons. The summed E-state index contributed by atoms with van der Waals surface area (Å²) in [6.07, 6.45) is 3.09. The predicted molar refractivity (Wildman–Crippen MR) is 142 cm³/mol. The Kier molecular flexibility index (Phi) is 8.51. The number of hydrogen-bond acceptors (Lipinski definition) is 5. The fourth-order valence-electron chi connectivity index (χ4n) is 4.38. The molecule has 1 aliphatic rings. The zero-order valence-corrected chi connectivity index (χ0v) is 21.0. The molecule has 1 fully saturated rings. The highest BCUT2D eigenvalue weighted by Gasteiger charge is 2.26. The van der Waals surface area contributed by atoms with Crippen molar-refractivity contribution >= 4 is 23.6 Å². The highest BCUT2D eigenvalue weighted by Crippen LogP contribution is 2.31. The molecule has 3 aromatic rings. The average molecular weight is 501 g/mol. The summed E-state index contributed by atoms with van der Waals surface area (Å²) >= 11 is 0. The largest absolute Gasteiger partial charge is 0.449 e. The molecule has 2 heterocycles. The van der Waals surface area contributed by atoms with Gasteiger partial charge in [-0.05, 0) is 55.7 Å². The number of hydrogen-bond donors (Lipinski definition) is 2. The van der Waals surface area contributed by atoms with E-state index in [9.17, 15) is 14.4 Å². The van der Waals surface area contributed by atoms with Crippen LogP contribution in [0, 0.1) is 0 Å². The van der Waals surface area contributed by atoms with Gasteiger partial charge in [-0.3, -0.25) is 14.6 Å². The number of para-hydroxylation sites is 1. The van der Waals surface area contributed by atoms with E-state index >= 15 is 0 Å². The standard InChI is InChI=1S/C29H32N4O4/c1-2-3-19-37-29(36)33-17-15-20(16-18-33)25-14-13-24(27(30)34)26(32-25)21-9-11-22(12-10-21)28(35)31-23-7-5-4-6-8-23/h4-14,20H,2-3,15-19H2,1H3,(H2,30,34)(H,31,35). The van der Waals surface area contributed by atoms with E-state index in [1.54, 1.807) is 35.2 Å². The summed E-state index contributed by atoms with van der Waals surface area (Å²) in [5.74, 6) is -0.643. The van der Waals surface area contributed by atoms with Gasteiger partial charge in [0.15, 0.2) is 0 Å². The monoisotopic (exact) mass is 500 g/mol. The Morgan fingerprint density at radius 3 is 2.35 bits per heavy atom. The van der Waals surface area contributed by atoms with Gasteiger partial charge in [0.2, 0.25) is 0 Å². The Morgan fingerprint density at radius 2 is 1.70 bits per heavy atom. The molecular weight excluding hydrogens is 468 g/mol. The predicted octanol–water partition coefficient (Wildman–Crippen LogP) is 5.22. The van der Waals surface area contributed by atoms with Gasteiger partial charge in [0.1, 0.15) is 0 Å². The number of unbranched alkanes of at least 4 members (excludes halogenated alkanes) is 1. The van der Waals surface area contributed by atoms with Crippen LogP contribution >= 0.6 is 0 Å². The lowest BCUT2D eigenvalue weighted by Crippen LogP contribution is -2.38. The Hall–Kier alpha value is -4.20. The van der Waals surface area contributed by atoms with Crippen molar-refractivity contribution in [3.8, 4) is 11.3 Å². The van der Waals surface area contributed by atoms with Crippen LogP contribution in [0.25, 0.3) is 11.3 Å². The van der Waals surface area contributed by atoms with Crippen molar-refractivity contribution in [3.05, 3.63) is 83.6 Å². The van der Waals surface area contributed by atoms with Gasteiger partial charge >= 0.3 is 6.09 Å². The van der Waals surface area contributed by atoms with E-state index in [1.165, 1.54) is 0 Å².